The van der Waals surface area contributed by atoms with Crippen molar-refractivity contribution in [1.82, 2.24) is 15.3 Å². The lowest BCUT2D eigenvalue weighted by molar-refractivity contribution is -0.121. The number of aromatic nitrogens is 2. The van der Waals surface area contributed by atoms with Gasteiger partial charge in [-0.3, -0.25) is 14.6 Å². The van der Waals surface area contributed by atoms with Crippen molar-refractivity contribution in [3.63, 3.8) is 0 Å². The van der Waals surface area contributed by atoms with E-state index in [4.69, 9.17) is 12.2 Å². The van der Waals surface area contributed by atoms with Crippen molar-refractivity contribution >= 4 is 18.1 Å². The molecule has 1 atom stereocenters. The number of amides is 1. The Balaban J connectivity index is 1.99. The Morgan fingerprint density at radius 2 is 2.00 bits per heavy atom. The van der Waals surface area contributed by atoms with Crippen LogP contribution in [0.25, 0.3) is 0 Å². The molecule has 0 fully saturated rings. The minimum atomic E-state index is -0.963. The molecule has 0 aliphatic rings. The summed E-state index contributed by atoms with van der Waals surface area (Å²) in [5.41, 5.74) is 1.21. The number of rotatable bonds is 5. The topological polar surface area (TPSA) is 77.8 Å². The largest absolute Gasteiger partial charge is 0.350 e. The summed E-state index contributed by atoms with van der Waals surface area (Å²) in [5.74, 6) is -2.20. The molecule has 0 saturated heterocycles. The summed E-state index contributed by atoms with van der Waals surface area (Å²) in [6.07, 6.45) is 0.326. The highest BCUT2D eigenvalue weighted by molar-refractivity contribution is 7.71. The highest BCUT2D eigenvalue weighted by Gasteiger charge is 2.13. The van der Waals surface area contributed by atoms with Crippen molar-refractivity contribution in [2.45, 2.75) is 32.7 Å². The van der Waals surface area contributed by atoms with Gasteiger partial charge in [0.05, 0.1) is 6.04 Å². The quantitative estimate of drug-likeness (QED) is 0.724. The first kappa shape index (κ1) is 18.0. The van der Waals surface area contributed by atoms with Crippen LogP contribution in [0.3, 0.4) is 0 Å². The SMILES string of the molecule is Cc1[nH]c(=S)[nH]c(=O)c1CCC(=O)N[C@@H](C)c1ccc(F)c(F)c1. The molecule has 3 N–H and O–H groups in total. The number of benzene rings is 1. The van der Waals surface area contributed by atoms with Gasteiger partial charge in [-0.1, -0.05) is 6.07 Å². The van der Waals surface area contributed by atoms with E-state index >= 15 is 0 Å². The Bertz CT molecular complexity index is 876. The number of aryl methyl sites for hydroxylation is 1. The van der Waals surface area contributed by atoms with Crippen molar-refractivity contribution in [3.8, 4) is 0 Å². The lowest BCUT2D eigenvalue weighted by Gasteiger charge is -2.14. The summed E-state index contributed by atoms with van der Waals surface area (Å²) >= 11 is 4.87. The molecule has 8 heteroatoms. The zero-order valence-corrected chi connectivity index (χ0v) is 14.0. The summed E-state index contributed by atoms with van der Waals surface area (Å²) in [7, 11) is 0. The molecule has 0 aliphatic carbocycles. The van der Waals surface area contributed by atoms with Crippen LogP contribution in [0.1, 0.15) is 36.2 Å². The molecule has 24 heavy (non-hydrogen) atoms. The molecule has 0 unspecified atom stereocenters. The molecule has 0 bridgehead atoms. The van der Waals surface area contributed by atoms with Gasteiger partial charge < -0.3 is 10.3 Å². The second kappa shape index (κ2) is 7.48. The van der Waals surface area contributed by atoms with Crippen molar-refractivity contribution in [1.29, 1.82) is 0 Å². The van der Waals surface area contributed by atoms with Crippen molar-refractivity contribution in [3.05, 3.63) is 61.8 Å². The zero-order chi connectivity index (χ0) is 17.9. The number of nitrogens with one attached hydrogen (secondary N) is 3. The molecule has 5 nitrogen and oxygen atoms in total. The normalized spacial score (nSPS) is 12.0. The number of carbonyl (C=O) groups excluding carboxylic acids is 1. The average molecular weight is 353 g/mol. The summed E-state index contributed by atoms with van der Waals surface area (Å²) in [6.45, 7) is 3.38. The van der Waals surface area contributed by atoms with E-state index < -0.39 is 17.7 Å². The minimum Gasteiger partial charge on any atom is -0.350 e. The van der Waals surface area contributed by atoms with E-state index in [0.717, 1.165) is 12.1 Å². The molecule has 0 saturated carbocycles. The maximum atomic E-state index is 13.2. The number of H-pyrrole nitrogens is 2. The third kappa shape index (κ3) is 4.35. The van der Waals surface area contributed by atoms with Gasteiger partial charge in [0, 0.05) is 17.7 Å². The van der Waals surface area contributed by atoms with Gasteiger partial charge in [0.15, 0.2) is 16.4 Å². The van der Waals surface area contributed by atoms with Gasteiger partial charge in [-0.05, 0) is 50.2 Å². The van der Waals surface area contributed by atoms with Gasteiger partial charge in [-0.2, -0.15) is 0 Å². The Morgan fingerprint density at radius 3 is 2.62 bits per heavy atom. The predicted octanol–water partition coefficient (Wildman–Crippen LogP) is 2.83. The van der Waals surface area contributed by atoms with Gasteiger partial charge in [-0.25, -0.2) is 8.78 Å². The monoisotopic (exact) mass is 353 g/mol. The smallest absolute Gasteiger partial charge is 0.255 e. The van der Waals surface area contributed by atoms with Gasteiger partial charge in [0.1, 0.15) is 0 Å². The maximum absolute atomic E-state index is 13.2. The first-order valence-electron chi connectivity index (χ1n) is 7.34. The fraction of sp³-hybridized carbons (Fsp3) is 0.312. The van der Waals surface area contributed by atoms with Crippen LogP contribution in [-0.2, 0) is 11.2 Å². The summed E-state index contributed by atoms with van der Waals surface area (Å²) < 4.78 is 26.4. The summed E-state index contributed by atoms with van der Waals surface area (Å²) in [6, 6.07) is 3.00. The van der Waals surface area contributed by atoms with Crippen LogP contribution in [-0.4, -0.2) is 15.9 Å². The van der Waals surface area contributed by atoms with Gasteiger partial charge in [0.25, 0.3) is 5.56 Å². The predicted molar refractivity (Wildman–Crippen MR) is 88.2 cm³/mol. The first-order chi connectivity index (χ1) is 11.3. The zero-order valence-electron chi connectivity index (χ0n) is 13.2. The molecular formula is C16H17F2N3O2S. The van der Waals surface area contributed by atoms with Crippen LogP contribution < -0.4 is 10.9 Å². The number of hydrogen-bond donors (Lipinski definition) is 3. The fourth-order valence-electron chi connectivity index (χ4n) is 2.34. The van der Waals surface area contributed by atoms with E-state index in [-0.39, 0.29) is 29.1 Å². The van der Waals surface area contributed by atoms with Crippen molar-refractivity contribution in [2.75, 3.05) is 0 Å². The molecule has 0 radical (unpaired) electrons. The molecule has 1 aromatic heterocycles. The molecule has 0 aliphatic heterocycles. The second-order valence-electron chi connectivity index (χ2n) is 5.47. The number of halogens is 2. The van der Waals surface area contributed by atoms with Gasteiger partial charge in [-0.15, -0.1) is 0 Å². The average Bonchev–Trinajstić information content (AvgIpc) is 2.48. The van der Waals surface area contributed by atoms with Crippen molar-refractivity contribution in [2.24, 2.45) is 0 Å². The van der Waals surface area contributed by atoms with Crippen LogP contribution in [0.2, 0.25) is 0 Å². The van der Waals surface area contributed by atoms with Gasteiger partial charge >= 0.3 is 0 Å². The standard InChI is InChI=1S/C16H17F2N3O2S/c1-8(10-3-5-12(17)13(18)7-10)19-14(22)6-4-11-9(2)20-16(24)21-15(11)23/h3,5,7-8H,4,6H2,1-2H3,(H,19,22)(H2,20,21,23,24)/t8-/m0/s1. The summed E-state index contributed by atoms with van der Waals surface area (Å²) in [4.78, 5) is 29.2. The number of carbonyl (C=O) groups is 1. The van der Waals surface area contributed by atoms with E-state index in [1.165, 1.54) is 6.07 Å². The molecule has 1 amide bonds. The van der Waals surface area contributed by atoms with Crippen LogP contribution in [0.15, 0.2) is 23.0 Å². The molecule has 2 aromatic rings. The van der Waals surface area contributed by atoms with E-state index in [0.29, 0.717) is 16.8 Å². The Morgan fingerprint density at radius 1 is 1.29 bits per heavy atom. The molecular weight excluding hydrogens is 336 g/mol. The van der Waals surface area contributed by atoms with E-state index in [1.807, 2.05) is 0 Å². The Labute approximate surface area is 142 Å². The molecule has 1 aromatic carbocycles. The molecule has 1 heterocycles. The number of hydrogen-bond acceptors (Lipinski definition) is 3. The molecule has 128 valence electrons. The third-order valence-corrected chi connectivity index (χ3v) is 3.88. The van der Waals surface area contributed by atoms with Crippen LogP contribution in [0, 0.1) is 23.3 Å². The van der Waals surface area contributed by atoms with E-state index in [2.05, 4.69) is 15.3 Å². The second-order valence-corrected chi connectivity index (χ2v) is 5.88. The lowest BCUT2D eigenvalue weighted by Crippen LogP contribution is -2.28. The highest BCUT2D eigenvalue weighted by atomic mass is 32.1. The number of aromatic amines is 2. The van der Waals surface area contributed by atoms with E-state index in [1.54, 1.807) is 13.8 Å². The van der Waals surface area contributed by atoms with Crippen LogP contribution in [0.5, 0.6) is 0 Å². The maximum Gasteiger partial charge on any atom is 0.255 e. The van der Waals surface area contributed by atoms with E-state index in [9.17, 15) is 18.4 Å². The van der Waals surface area contributed by atoms with Crippen LogP contribution >= 0.6 is 12.2 Å². The first-order valence-corrected chi connectivity index (χ1v) is 7.75. The highest BCUT2D eigenvalue weighted by Crippen LogP contribution is 2.16. The van der Waals surface area contributed by atoms with Gasteiger partial charge in [0.2, 0.25) is 5.91 Å². The van der Waals surface area contributed by atoms with Crippen molar-refractivity contribution < 1.29 is 13.6 Å². The molecule has 0 spiro atoms. The van der Waals surface area contributed by atoms with Crippen LogP contribution in [0.4, 0.5) is 8.78 Å². The Hall–Kier alpha value is -2.35. The lowest BCUT2D eigenvalue weighted by atomic mass is 10.1. The fourth-order valence-corrected chi connectivity index (χ4v) is 2.59. The summed E-state index contributed by atoms with van der Waals surface area (Å²) in [5, 5.41) is 2.69. The Kier molecular flexibility index (Phi) is 5.61. The molecule has 2 rings (SSSR count). The minimum absolute atomic E-state index is 0.0859. The third-order valence-electron chi connectivity index (χ3n) is 3.68.